The molecule has 0 N–H and O–H groups in total. The summed E-state index contributed by atoms with van der Waals surface area (Å²) in [5, 5.41) is 12.3. The Morgan fingerprint density at radius 1 is 0.246 bits per heavy atom. The van der Waals surface area contributed by atoms with Crippen LogP contribution < -0.4 is 0 Å². The van der Waals surface area contributed by atoms with E-state index in [0.717, 1.165) is 27.5 Å². The Bertz CT molecular complexity index is 3820. The van der Waals surface area contributed by atoms with Crippen LogP contribution in [0.25, 0.3) is 130 Å². The second kappa shape index (κ2) is 15.4. The maximum atomic E-state index is 5.27. The van der Waals surface area contributed by atoms with Gasteiger partial charge in [0, 0.05) is 0 Å². The van der Waals surface area contributed by atoms with Crippen molar-refractivity contribution >= 4 is 76.9 Å². The molecule has 0 amide bonds. The summed E-state index contributed by atoms with van der Waals surface area (Å²) >= 11 is 0.0527. The molecule has 302 valence electrons. The van der Waals surface area contributed by atoms with Gasteiger partial charge >= 0.3 is 372 Å². The first kappa shape index (κ1) is 37.5. The Morgan fingerprint density at radius 2 is 0.600 bits per heavy atom. The van der Waals surface area contributed by atoms with Crippen LogP contribution in [0.1, 0.15) is 0 Å². The Labute approximate surface area is 381 Å². The summed E-state index contributed by atoms with van der Waals surface area (Å²) in [5.41, 5.74) is 10.5. The van der Waals surface area contributed by atoms with E-state index in [0.29, 0.717) is 17.5 Å². The van der Waals surface area contributed by atoms with Crippen LogP contribution in [0.3, 0.4) is 0 Å². The number of nitrogens with zero attached hydrogens (tertiary/aromatic N) is 3. The molecule has 13 rings (SSSR count). The number of benzene rings is 11. The Hall–Kier alpha value is -8.01. The molecular formula is C61H37N3Se. The van der Waals surface area contributed by atoms with Crippen molar-refractivity contribution in [2.45, 2.75) is 0 Å². The van der Waals surface area contributed by atoms with E-state index in [1.54, 1.807) is 0 Å². The SMILES string of the molecule is c1ccc(-c2nc(-c3ccccc3)nc(-c3c4ccccc4c(-c4cccc5c4[se]c4cccc(-c6c7ccccc7c(-c7ccccc7)c7ccccc67)c45)c4ccccc34)n2)cc1. The number of fused-ring (bicyclic) bond motifs is 7. The van der Waals surface area contributed by atoms with Crippen molar-refractivity contribution in [1.29, 1.82) is 0 Å². The zero-order valence-corrected chi connectivity index (χ0v) is 36.8. The molecule has 13 aromatic rings. The van der Waals surface area contributed by atoms with Crippen molar-refractivity contribution in [2.24, 2.45) is 0 Å². The summed E-state index contributed by atoms with van der Waals surface area (Å²) in [6.07, 6.45) is 0. The number of hydrogen-bond donors (Lipinski definition) is 0. The molecule has 0 aliphatic rings. The van der Waals surface area contributed by atoms with Gasteiger partial charge in [0.2, 0.25) is 0 Å². The Balaban J connectivity index is 1.08. The molecule has 0 spiro atoms. The van der Waals surface area contributed by atoms with Crippen LogP contribution in [0.15, 0.2) is 224 Å². The van der Waals surface area contributed by atoms with E-state index >= 15 is 0 Å². The van der Waals surface area contributed by atoms with Crippen molar-refractivity contribution in [1.82, 2.24) is 15.0 Å². The molecule has 0 atom stereocenters. The standard InChI is InChI=1S/C61H37N3Se/c1-4-20-38(21-5-1)53-41-26-10-12-28-43(41)54(44-29-13-11-27-42(44)53)49-34-19-37-52-56(49)51-36-18-35-50(58(51)65-52)55-45-30-14-16-32-47(45)57(48-33-17-15-31-46(48)55)61-63-59(39-22-6-2-7-23-39)62-60(64-61)40-24-8-3-9-25-40/h1-37H. The molecule has 0 bridgehead atoms. The molecule has 2 aromatic heterocycles. The normalized spacial score (nSPS) is 11.7. The minimum absolute atomic E-state index is 0.0527. The van der Waals surface area contributed by atoms with E-state index in [1.165, 1.54) is 85.0 Å². The zero-order chi connectivity index (χ0) is 42.8. The number of aromatic nitrogens is 3. The minimum atomic E-state index is 0.0527. The number of rotatable bonds is 6. The molecule has 4 heteroatoms. The van der Waals surface area contributed by atoms with Gasteiger partial charge in [-0.05, 0) is 0 Å². The van der Waals surface area contributed by atoms with E-state index < -0.39 is 0 Å². The van der Waals surface area contributed by atoms with Crippen LogP contribution in [-0.2, 0) is 0 Å². The Kier molecular flexibility index (Phi) is 8.87. The molecule has 11 aromatic carbocycles. The predicted molar refractivity (Wildman–Crippen MR) is 274 cm³/mol. The predicted octanol–water partition coefficient (Wildman–Crippen LogP) is 15.8. The summed E-state index contributed by atoms with van der Waals surface area (Å²) in [4.78, 5) is 15.6. The van der Waals surface area contributed by atoms with Gasteiger partial charge in [-0.15, -0.1) is 0 Å². The third-order valence-electron chi connectivity index (χ3n) is 12.9. The van der Waals surface area contributed by atoms with E-state index in [-0.39, 0.29) is 14.5 Å². The number of hydrogen-bond acceptors (Lipinski definition) is 3. The zero-order valence-electron chi connectivity index (χ0n) is 35.1. The molecule has 0 aliphatic carbocycles. The first-order chi connectivity index (χ1) is 32.3. The maximum absolute atomic E-state index is 5.27. The summed E-state index contributed by atoms with van der Waals surface area (Å²) < 4.78 is 2.83. The van der Waals surface area contributed by atoms with Crippen LogP contribution in [-0.4, -0.2) is 29.5 Å². The topological polar surface area (TPSA) is 38.7 Å². The average Bonchev–Trinajstić information content (AvgIpc) is 3.77. The van der Waals surface area contributed by atoms with Gasteiger partial charge < -0.3 is 0 Å². The van der Waals surface area contributed by atoms with Gasteiger partial charge in [0.15, 0.2) is 0 Å². The van der Waals surface area contributed by atoms with Gasteiger partial charge in [-0.1, -0.05) is 12.1 Å². The van der Waals surface area contributed by atoms with Crippen molar-refractivity contribution in [3.05, 3.63) is 224 Å². The van der Waals surface area contributed by atoms with E-state index in [4.69, 9.17) is 15.0 Å². The van der Waals surface area contributed by atoms with Gasteiger partial charge in [-0.3, -0.25) is 0 Å². The summed E-state index contributed by atoms with van der Waals surface area (Å²) in [7, 11) is 0. The van der Waals surface area contributed by atoms with Gasteiger partial charge in [0.05, 0.1) is 0 Å². The van der Waals surface area contributed by atoms with E-state index in [2.05, 4.69) is 188 Å². The monoisotopic (exact) mass is 891 g/mol. The molecule has 2 heterocycles. The first-order valence-electron chi connectivity index (χ1n) is 22.0. The first-order valence-corrected chi connectivity index (χ1v) is 23.7. The Morgan fingerprint density at radius 3 is 1.09 bits per heavy atom. The van der Waals surface area contributed by atoms with E-state index in [9.17, 15) is 0 Å². The summed E-state index contributed by atoms with van der Waals surface area (Å²) in [6.45, 7) is 0. The van der Waals surface area contributed by atoms with Crippen molar-refractivity contribution < 1.29 is 0 Å². The summed E-state index contributed by atoms with van der Waals surface area (Å²) in [6, 6.07) is 80.9. The van der Waals surface area contributed by atoms with Gasteiger partial charge in [-0.25, -0.2) is 0 Å². The molecule has 0 radical (unpaired) electrons. The fourth-order valence-corrected chi connectivity index (χ4v) is 12.8. The fraction of sp³-hybridized carbons (Fsp3) is 0. The fourth-order valence-electron chi connectivity index (χ4n) is 10.2. The van der Waals surface area contributed by atoms with Crippen LogP contribution >= 0.6 is 0 Å². The quantitative estimate of drug-likeness (QED) is 0.123. The molecular weight excluding hydrogens is 854 g/mol. The van der Waals surface area contributed by atoms with Crippen molar-refractivity contribution in [3.63, 3.8) is 0 Å². The van der Waals surface area contributed by atoms with Crippen molar-refractivity contribution in [3.8, 4) is 67.5 Å². The second-order valence-electron chi connectivity index (χ2n) is 16.5. The van der Waals surface area contributed by atoms with Crippen LogP contribution in [0, 0.1) is 0 Å². The molecule has 0 aliphatic heterocycles. The second-order valence-corrected chi connectivity index (χ2v) is 18.8. The molecule has 0 unspecified atom stereocenters. The summed E-state index contributed by atoms with van der Waals surface area (Å²) in [5.74, 6) is 1.96. The molecule has 65 heavy (non-hydrogen) atoms. The third-order valence-corrected chi connectivity index (χ3v) is 15.4. The molecule has 0 fully saturated rings. The third kappa shape index (κ3) is 6.07. The van der Waals surface area contributed by atoms with Crippen molar-refractivity contribution in [2.75, 3.05) is 0 Å². The van der Waals surface area contributed by atoms with Crippen LogP contribution in [0.2, 0.25) is 0 Å². The molecule has 3 nitrogen and oxygen atoms in total. The van der Waals surface area contributed by atoms with Gasteiger partial charge in [0.1, 0.15) is 0 Å². The molecule has 0 saturated heterocycles. The van der Waals surface area contributed by atoms with E-state index in [1.807, 2.05) is 36.4 Å². The van der Waals surface area contributed by atoms with Gasteiger partial charge in [0.25, 0.3) is 0 Å². The molecule has 0 saturated carbocycles. The average molecular weight is 891 g/mol. The van der Waals surface area contributed by atoms with Crippen LogP contribution in [0.5, 0.6) is 0 Å². The van der Waals surface area contributed by atoms with Crippen LogP contribution in [0.4, 0.5) is 0 Å². The van der Waals surface area contributed by atoms with Gasteiger partial charge in [-0.2, -0.15) is 0 Å².